The third-order valence-electron chi connectivity index (χ3n) is 6.36. The van der Waals surface area contributed by atoms with Crippen LogP contribution in [0.3, 0.4) is 0 Å². The van der Waals surface area contributed by atoms with Crippen molar-refractivity contribution in [3.05, 3.63) is 28.3 Å². The maximum absolute atomic E-state index is 12.5. The minimum Gasteiger partial charge on any atom is -0.323 e. The van der Waals surface area contributed by atoms with Crippen LogP contribution in [0.5, 0.6) is 0 Å². The van der Waals surface area contributed by atoms with Crippen molar-refractivity contribution in [1.29, 1.82) is 0 Å². The van der Waals surface area contributed by atoms with E-state index in [2.05, 4.69) is 10.6 Å². The Morgan fingerprint density at radius 3 is 2.25 bits per heavy atom. The summed E-state index contributed by atoms with van der Waals surface area (Å²) in [5.74, 6) is 2.68. The molecule has 1 aromatic carbocycles. The molecule has 0 atom stereocenters. The number of amides is 1. The van der Waals surface area contributed by atoms with E-state index in [0.29, 0.717) is 11.6 Å². The highest BCUT2D eigenvalue weighted by Crippen LogP contribution is 2.55. The molecule has 1 amide bonds. The summed E-state index contributed by atoms with van der Waals surface area (Å²) in [6, 6.07) is 3.95. The normalized spacial score (nSPS) is 33.7. The molecule has 130 valence electrons. The Morgan fingerprint density at radius 2 is 1.71 bits per heavy atom. The molecular formula is C20H27ClN2O. The van der Waals surface area contributed by atoms with Gasteiger partial charge >= 0.3 is 0 Å². The SMILES string of the molecule is Cc1cc(C)c(NC(=O)CNC23CC4CC(CC(C4)C2)C3)c(Cl)c1. The van der Waals surface area contributed by atoms with Crippen LogP contribution in [0.2, 0.25) is 5.02 Å². The summed E-state index contributed by atoms with van der Waals surface area (Å²) in [6.07, 6.45) is 8.05. The Balaban J connectivity index is 1.39. The van der Waals surface area contributed by atoms with Gasteiger partial charge in [0.1, 0.15) is 0 Å². The van der Waals surface area contributed by atoms with Gasteiger partial charge in [0.05, 0.1) is 17.3 Å². The Hall–Kier alpha value is -1.06. The topological polar surface area (TPSA) is 41.1 Å². The second-order valence-corrected chi connectivity index (χ2v) is 8.95. The Bertz CT molecular complexity index is 611. The van der Waals surface area contributed by atoms with Crippen LogP contribution in [0, 0.1) is 31.6 Å². The Morgan fingerprint density at radius 1 is 1.12 bits per heavy atom. The molecule has 0 aliphatic heterocycles. The Labute approximate surface area is 149 Å². The summed E-state index contributed by atoms with van der Waals surface area (Å²) in [7, 11) is 0. The van der Waals surface area contributed by atoms with Gasteiger partial charge in [-0.3, -0.25) is 4.79 Å². The lowest BCUT2D eigenvalue weighted by Crippen LogP contribution is -2.59. The molecule has 0 saturated heterocycles. The van der Waals surface area contributed by atoms with Crippen molar-refractivity contribution in [1.82, 2.24) is 5.32 Å². The number of carbonyl (C=O) groups excluding carboxylic acids is 1. The van der Waals surface area contributed by atoms with Gasteiger partial charge in [-0.05, 0) is 87.3 Å². The zero-order valence-electron chi connectivity index (χ0n) is 14.6. The molecule has 4 bridgehead atoms. The first-order valence-corrected chi connectivity index (χ1v) is 9.62. The highest BCUT2D eigenvalue weighted by molar-refractivity contribution is 6.34. The van der Waals surface area contributed by atoms with E-state index >= 15 is 0 Å². The van der Waals surface area contributed by atoms with Gasteiger partial charge in [0.15, 0.2) is 0 Å². The summed E-state index contributed by atoms with van der Waals surface area (Å²) < 4.78 is 0. The van der Waals surface area contributed by atoms with Crippen molar-refractivity contribution < 1.29 is 4.79 Å². The van der Waals surface area contributed by atoms with Gasteiger partial charge < -0.3 is 10.6 Å². The van der Waals surface area contributed by atoms with Gasteiger partial charge in [0.25, 0.3) is 0 Å². The van der Waals surface area contributed by atoms with Crippen LogP contribution < -0.4 is 10.6 Å². The van der Waals surface area contributed by atoms with Crippen molar-refractivity contribution in [3.63, 3.8) is 0 Å². The fraction of sp³-hybridized carbons (Fsp3) is 0.650. The zero-order valence-corrected chi connectivity index (χ0v) is 15.4. The number of halogens is 1. The number of anilines is 1. The molecule has 0 spiro atoms. The Kier molecular flexibility index (Phi) is 4.12. The fourth-order valence-corrected chi connectivity index (χ4v) is 6.22. The zero-order chi connectivity index (χ0) is 16.9. The van der Waals surface area contributed by atoms with Crippen molar-refractivity contribution in [3.8, 4) is 0 Å². The molecule has 1 aromatic rings. The predicted molar refractivity (Wildman–Crippen MR) is 98.5 cm³/mol. The summed E-state index contributed by atoms with van der Waals surface area (Å²) >= 11 is 6.30. The maximum atomic E-state index is 12.5. The van der Waals surface area contributed by atoms with Crippen molar-refractivity contribution in [2.24, 2.45) is 17.8 Å². The van der Waals surface area contributed by atoms with Crippen LogP contribution in [0.25, 0.3) is 0 Å². The first kappa shape index (κ1) is 16.4. The van der Waals surface area contributed by atoms with Crippen LogP contribution in [0.1, 0.15) is 49.7 Å². The van der Waals surface area contributed by atoms with Crippen LogP contribution in [-0.4, -0.2) is 18.0 Å². The third kappa shape index (κ3) is 3.09. The molecule has 2 N–H and O–H groups in total. The number of benzene rings is 1. The van der Waals surface area contributed by atoms with E-state index in [1.165, 1.54) is 38.5 Å². The molecule has 0 heterocycles. The fourth-order valence-electron chi connectivity index (χ4n) is 5.85. The summed E-state index contributed by atoms with van der Waals surface area (Å²) in [6.45, 7) is 4.38. The minimum absolute atomic E-state index is 0.0135. The van der Waals surface area contributed by atoms with E-state index in [4.69, 9.17) is 11.6 Å². The van der Waals surface area contributed by atoms with E-state index in [9.17, 15) is 4.79 Å². The molecule has 4 saturated carbocycles. The first-order valence-electron chi connectivity index (χ1n) is 9.24. The largest absolute Gasteiger partial charge is 0.323 e. The average Bonchev–Trinajstić information content (AvgIpc) is 2.47. The maximum Gasteiger partial charge on any atom is 0.238 e. The third-order valence-corrected chi connectivity index (χ3v) is 6.66. The number of rotatable bonds is 4. The molecule has 3 nitrogen and oxygen atoms in total. The van der Waals surface area contributed by atoms with Gasteiger partial charge in [0, 0.05) is 5.54 Å². The van der Waals surface area contributed by atoms with Crippen LogP contribution in [-0.2, 0) is 4.79 Å². The number of aryl methyl sites for hydroxylation is 2. The molecule has 4 heteroatoms. The quantitative estimate of drug-likeness (QED) is 0.845. The van der Waals surface area contributed by atoms with Crippen molar-refractivity contribution >= 4 is 23.2 Å². The van der Waals surface area contributed by atoms with E-state index < -0.39 is 0 Å². The average molecular weight is 347 g/mol. The smallest absolute Gasteiger partial charge is 0.238 e. The lowest BCUT2D eigenvalue weighted by molar-refractivity contribution is -0.116. The predicted octanol–water partition coefficient (Wildman–Crippen LogP) is 4.45. The molecule has 0 unspecified atom stereocenters. The summed E-state index contributed by atoms with van der Waals surface area (Å²) in [5.41, 5.74) is 3.10. The second kappa shape index (κ2) is 6.03. The monoisotopic (exact) mass is 346 g/mol. The first-order chi connectivity index (χ1) is 11.4. The van der Waals surface area contributed by atoms with Crippen LogP contribution >= 0.6 is 11.6 Å². The van der Waals surface area contributed by atoms with Crippen LogP contribution in [0.15, 0.2) is 12.1 Å². The molecule has 4 fully saturated rings. The highest BCUT2D eigenvalue weighted by atomic mass is 35.5. The summed E-state index contributed by atoms with van der Waals surface area (Å²) in [4.78, 5) is 12.5. The van der Waals surface area contributed by atoms with Gasteiger partial charge in [-0.1, -0.05) is 17.7 Å². The van der Waals surface area contributed by atoms with Gasteiger partial charge in [0.2, 0.25) is 5.91 Å². The van der Waals surface area contributed by atoms with Crippen molar-refractivity contribution in [2.45, 2.75) is 57.9 Å². The second-order valence-electron chi connectivity index (χ2n) is 8.54. The van der Waals surface area contributed by atoms with E-state index in [1.807, 2.05) is 26.0 Å². The van der Waals surface area contributed by atoms with E-state index in [-0.39, 0.29) is 11.4 Å². The molecule has 5 rings (SSSR count). The highest BCUT2D eigenvalue weighted by Gasteiger charge is 2.50. The molecule has 4 aliphatic rings. The molecule has 24 heavy (non-hydrogen) atoms. The van der Waals surface area contributed by atoms with Crippen LogP contribution in [0.4, 0.5) is 5.69 Å². The molecule has 0 aromatic heterocycles. The molecule has 4 aliphatic carbocycles. The van der Waals surface area contributed by atoms with Gasteiger partial charge in [-0.2, -0.15) is 0 Å². The number of hydrogen-bond donors (Lipinski definition) is 2. The molecule has 0 radical (unpaired) electrons. The minimum atomic E-state index is 0.0135. The van der Waals surface area contributed by atoms with Gasteiger partial charge in [-0.25, -0.2) is 0 Å². The van der Waals surface area contributed by atoms with E-state index in [1.54, 1.807) is 0 Å². The lowest BCUT2D eigenvalue weighted by atomic mass is 9.53. The lowest BCUT2D eigenvalue weighted by Gasteiger charge is -2.57. The number of nitrogens with one attached hydrogen (secondary N) is 2. The number of hydrogen-bond acceptors (Lipinski definition) is 2. The van der Waals surface area contributed by atoms with Crippen molar-refractivity contribution in [2.75, 3.05) is 11.9 Å². The number of carbonyl (C=O) groups is 1. The summed E-state index contributed by atoms with van der Waals surface area (Å²) in [5, 5.41) is 7.27. The van der Waals surface area contributed by atoms with E-state index in [0.717, 1.165) is 34.6 Å². The molecular weight excluding hydrogens is 320 g/mol. The van der Waals surface area contributed by atoms with Gasteiger partial charge in [-0.15, -0.1) is 0 Å². The standard InChI is InChI=1S/C20H27ClN2O/c1-12-3-13(2)19(17(21)4-12)23-18(24)11-22-20-8-14-5-15(9-20)7-16(6-14)10-20/h3-4,14-16,22H,5-11H2,1-2H3,(H,23,24).